The molecule has 0 bridgehead atoms. The SMILES string of the molecule is Cc1cc(S(N)(=O)=O)cc(NC(=O)c2ccc(Br)s2)c1C. The zero-order valence-corrected chi connectivity index (χ0v) is 14.5. The number of thiophene rings is 1. The number of hydrogen-bond acceptors (Lipinski definition) is 4. The smallest absolute Gasteiger partial charge is 0.265 e. The van der Waals surface area contributed by atoms with Crippen molar-refractivity contribution in [3.05, 3.63) is 44.1 Å². The zero-order valence-electron chi connectivity index (χ0n) is 11.3. The van der Waals surface area contributed by atoms with Gasteiger partial charge in [-0.1, -0.05) is 0 Å². The van der Waals surface area contributed by atoms with Crippen molar-refractivity contribution < 1.29 is 13.2 Å². The van der Waals surface area contributed by atoms with Crippen molar-refractivity contribution in [3.63, 3.8) is 0 Å². The fraction of sp³-hybridized carbons (Fsp3) is 0.154. The highest BCUT2D eigenvalue weighted by molar-refractivity contribution is 9.11. The molecule has 2 aromatic rings. The minimum atomic E-state index is -3.82. The van der Waals surface area contributed by atoms with Crippen LogP contribution in [0.2, 0.25) is 0 Å². The van der Waals surface area contributed by atoms with E-state index >= 15 is 0 Å². The summed E-state index contributed by atoms with van der Waals surface area (Å²) in [6.07, 6.45) is 0. The first-order chi connectivity index (χ1) is 9.68. The van der Waals surface area contributed by atoms with E-state index in [1.54, 1.807) is 19.1 Å². The maximum atomic E-state index is 12.1. The monoisotopic (exact) mass is 388 g/mol. The van der Waals surface area contributed by atoms with E-state index in [0.29, 0.717) is 10.6 Å². The number of hydrogen-bond donors (Lipinski definition) is 2. The van der Waals surface area contributed by atoms with Crippen LogP contribution in [0.25, 0.3) is 0 Å². The molecule has 0 radical (unpaired) electrons. The first-order valence-electron chi connectivity index (χ1n) is 5.89. The lowest BCUT2D eigenvalue weighted by Gasteiger charge is -2.12. The molecule has 2 rings (SSSR count). The van der Waals surface area contributed by atoms with Gasteiger partial charge in [-0.3, -0.25) is 4.79 Å². The highest BCUT2D eigenvalue weighted by Crippen LogP contribution is 2.26. The van der Waals surface area contributed by atoms with Crippen LogP contribution in [-0.4, -0.2) is 14.3 Å². The Hall–Kier alpha value is -1.22. The lowest BCUT2D eigenvalue weighted by Crippen LogP contribution is -2.15. The number of aryl methyl sites for hydroxylation is 1. The van der Waals surface area contributed by atoms with Crippen LogP contribution in [0.3, 0.4) is 0 Å². The maximum Gasteiger partial charge on any atom is 0.265 e. The predicted molar refractivity (Wildman–Crippen MR) is 87.3 cm³/mol. The van der Waals surface area contributed by atoms with Gasteiger partial charge in [0.25, 0.3) is 5.91 Å². The van der Waals surface area contributed by atoms with Gasteiger partial charge in [-0.25, -0.2) is 13.6 Å². The summed E-state index contributed by atoms with van der Waals surface area (Å²) in [5.41, 5.74) is 1.98. The van der Waals surface area contributed by atoms with Crippen molar-refractivity contribution >= 4 is 48.9 Å². The van der Waals surface area contributed by atoms with Gasteiger partial charge in [-0.05, 0) is 65.2 Å². The Morgan fingerprint density at radius 3 is 2.48 bits per heavy atom. The molecule has 0 aliphatic heterocycles. The van der Waals surface area contributed by atoms with Crippen molar-refractivity contribution in [3.8, 4) is 0 Å². The van der Waals surface area contributed by atoms with Crippen LogP contribution in [0, 0.1) is 13.8 Å². The van der Waals surface area contributed by atoms with Crippen molar-refractivity contribution in [2.75, 3.05) is 5.32 Å². The third kappa shape index (κ3) is 3.70. The molecule has 0 aliphatic carbocycles. The highest BCUT2D eigenvalue weighted by Gasteiger charge is 2.15. The fourth-order valence-corrected chi connectivity index (χ4v) is 3.65. The molecule has 0 aliphatic rings. The molecule has 1 heterocycles. The van der Waals surface area contributed by atoms with E-state index in [-0.39, 0.29) is 10.8 Å². The third-order valence-electron chi connectivity index (χ3n) is 3.01. The minimum Gasteiger partial charge on any atom is -0.321 e. The molecule has 5 nitrogen and oxygen atoms in total. The Kier molecular flexibility index (Phi) is 4.52. The number of carbonyl (C=O) groups excluding carboxylic acids is 1. The Bertz CT molecular complexity index is 813. The van der Waals surface area contributed by atoms with Crippen LogP contribution in [0.4, 0.5) is 5.69 Å². The number of nitrogens with two attached hydrogens (primary N) is 1. The second kappa shape index (κ2) is 5.88. The molecule has 1 aromatic heterocycles. The van der Waals surface area contributed by atoms with Gasteiger partial charge < -0.3 is 5.32 Å². The first-order valence-corrected chi connectivity index (χ1v) is 9.05. The number of amides is 1. The molecular formula is C13H13BrN2O3S2. The summed E-state index contributed by atoms with van der Waals surface area (Å²) in [5.74, 6) is -0.292. The molecule has 0 spiro atoms. The normalized spacial score (nSPS) is 11.4. The molecule has 0 saturated carbocycles. The second-order valence-electron chi connectivity index (χ2n) is 4.52. The molecule has 1 amide bonds. The standard InChI is InChI=1S/C13H13BrN2O3S2/c1-7-5-9(21(15,18)19)6-10(8(7)2)16-13(17)11-3-4-12(14)20-11/h3-6H,1-2H3,(H,16,17)(H2,15,18,19). The lowest BCUT2D eigenvalue weighted by atomic mass is 10.1. The molecule has 0 unspecified atom stereocenters. The number of sulfonamides is 1. The Balaban J connectivity index is 2.40. The summed E-state index contributed by atoms with van der Waals surface area (Å²) < 4.78 is 23.8. The van der Waals surface area contributed by atoms with Crippen LogP contribution in [0.5, 0.6) is 0 Å². The van der Waals surface area contributed by atoms with Crippen LogP contribution < -0.4 is 10.5 Å². The average Bonchev–Trinajstić information content (AvgIpc) is 2.80. The fourth-order valence-electron chi connectivity index (χ4n) is 1.74. The van der Waals surface area contributed by atoms with E-state index in [0.717, 1.165) is 14.9 Å². The van der Waals surface area contributed by atoms with Crippen molar-refractivity contribution in [1.82, 2.24) is 0 Å². The zero-order chi connectivity index (χ0) is 15.8. The van der Waals surface area contributed by atoms with E-state index in [1.807, 2.05) is 6.92 Å². The van der Waals surface area contributed by atoms with Gasteiger partial charge in [0.2, 0.25) is 10.0 Å². The Labute approximate surface area is 135 Å². The summed E-state index contributed by atoms with van der Waals surface area (Å²) >= 11 is 4.59. The van der Waals surface area contributed by atoms with Crippen LogP contribution in [-0.2, 0) is 10.0 Å². The van der Waals surface area contributed by atoms with Crippen molar-refractivity contribution in [1.29, 1.82) is 0 Å². The van der Waals surface area contributed by atoms with E-state index < -0.39 is 10.0 Å². The molecular weight excluding hydrogens is 376 g/mol. The predicted octanol–water partition coefficient (Wildman–Crippen LogP) is 3.03. The van der Waals surface area contributed by atoms with Gasteiger partial charge in [-0.15, -0.1) is 11.3 Å². The number of halogens is 1. The number of nitrogens with one attached hydrogen (secondary N) is 1. The summed E-state index contributed by atoms with van der Waals surface area (Å²) in [6.45, 7) is 3.57. The lowest BCUT2D eigenvalue weighted by molar-refractivity contribution is 0.103. The topological polar surface area (TPSA) is 89.3 Å². The van der Waals surface area contributed by atoms with Crippen molar-refractivity contribution in [2.24, 2.45) is 5.14 Å². The van der Waals surface area contributed by atoms with E-state index in [4.69, 9.17) is 5.14 Å². The molecule has 3 N–H and O–H groups in total. The summed E-state index contributed by atoms with van der Waals surface area (Å²) in [6, 6.07) is 6.33. The average molecular weight is 389 g/mol. The molecule has 8 heteroatoms. The molecule has 21 heavy (non-hydrogen) atoms. The number of carbonyl (C=O) groups is 1. The van der Waals surface area contributed by atoms with Crippen LogP contribution >= 0.6 is 27.3 Å². The third-order valence-corrected chi connectivity index (χ3v) is 5.53. The van der Waals surface area contributed by atoms with Gasteiger partial charge in [0.1, 0.15) is 0 Å². The minimum absolute atomic E-state index is 0.0201. The molecule has 1 aromatic carbocycles. The second-order valence-corrected chi connectivity index (χ2v) is 8.54. The number of rotatable bonds is 3. The number of benzene rings is 1. The first kappa shape index (κ1) is 16.2. The summed E-state index contributed by atoms with van der Waals surface area (Å²) in [4.78, 5) is 12.7. The quantitative estimate of drug-likeness (QED) is 0.846. The van der Waals surface area contributed by atoms with Gasteiger partial charge >= 0.3 is 0 Å². The van der Waals surface area contributed by atoms with Crippen LogP contribution in [0.1, 0.15) is 20.8 Å². The summed E-state index contributed by atoms with van der Waals surface area (Å²) in [7, 11) is -3.82. The van der Waals surface area contributed by atoms with Crippen molar-refractivity contribution in [2.45, 2.75) is 18.7 Å². The molecule has 0 fully saturated rings. The molecule has 0 saturated heterocycles. The van der Waals surface area contributed by atoms with E-state index in [2.05, 4.69) is 21.2 Å². The highest BCUT2D eigenvalue weighted by atomic mass is 79.9. The molecule has 0 atom stereocenters. The Morgan fingerprint density at radius 2 is 1.95 bits per heavy atom. The van der Waals surface area contributed by atoms with E-state index in [1.165, 1.54) is 23.5 Å². The number of primary sulfonamides is 1. The molecule has 112 valence electrons. The van der Waals surface area contributed by atoms with Gasteiger partial charge in [-0.2, -0.15) is 0 Å². The maximum absolute atomic E-state index is 12.1. The van der Waals surface area contributed by atoms with Crippen LogP contribution in [0.15, 0.2) is 32.9 Å². The Morgan fingerprint density at radius 1 is 1.29 bits per heavy atom. The van der Waals surface area contributed by atoms with Gasteiger partial charge in [0.05, 0.1) is 13.6 Å². The summed E-state index contributed by atoms with van der Waals surface area (Å²) in [5, 5.41) is 7.87. The van der Waals surface area contributed by atoms with E-state index in [9.17, 15) is 13.2 Å². The van der Waals surface area contributed by atoms with Gasteiger partial charge in [0, 0.05) is 5.69 Å². The number of anilines is 1. The van der Waals surface area contributed by atoms with Gasteiger partial charge in [0.15, 0.2) is 0 Å². The largest absolute Gasteiger partial charge is 0.321 e.